The number of nitrogens with two attached hydrogens (primary N) is 1. The van der Waals surface area contributed by atoms with E-state index in [0.717, 1.165) is 12.0 Å². The number of anilines is 2. The summed E-state index contributed by atoms with van der Waals surface area (Å²) < 4.78 is 32.4. The molecule has 0 radical (unpaired) electrons. The molecule has 8 nitrogen and oxygen atoms in total. The lowest BCUT2D eigenvalue weighted by Gasteiger charge is -2.23. The molecule has 1 saturated carbocycles. The fraction of sp³-hybridized carbons (Fsp3) is 0.350. The molecule has 0 amide bonds. The number of pyridine rings is 1. The highest BCUT2D eigenvalue weighted by atomic mass is 19.1. The largest absolute Gasteiger partial charge is 0.477 e. The summed E-state index contributed by atoms with van der Waals surface area (Å²) in [4.78, 5) is 33.0. The van der Waals surface area contributed by atoms with E-state index in [1.165, 1.54) is 4.57 Å². The third-order valence-corrected chi connectivity index (χ3v) is 5.95. The number of hydrogen-bond donors (Lipinski definition) is 3. The number of aromatic amines is 1. The Bertz CT molecular complexity index is 1230. The number of carboxylic acid groups (broad SMARTS) is 1. The molecular formula is C20H19F2N5O3. The van der Waals surface area contributed by atoms with Crippen molar-refractivity contribution in [3.63, 3.8) is 0 Å². The van der Waals surface area contributed by atoms with Gasteiger partial charge >= 0.3 is 5.97 Å². The van der Waals surface area contributed by atoms with E-state index in [-0.39, 0.29) is 23.2 Å². The molecule has 1 aliphatic heterocycles. The van der Waals surface area contributed by atoms with Crippen molar-refractivity contribution < 1.29 is 18.7 Å². The van der Waals surface area contributed by atoms with Gasteiger partial charge in [0.15, 0.2) is 11.6 Å². The van der Waals surface area contributed by atoms with Gasteiger partial charge in [-0.3, -0.25) is 4.79 Å². The van der Waals surface area contributed by atoms with Crippen molar-refractivity contribution in [2.24, 2.45) is 0 Å². The molecular weight excluding hydrogens is 396 g/mol. The monoisotopic (exact) mass is 415 g/mol. The van der Waals surface area contributed by atoms with Gasteiger partial charge in [0.25, 0.3) is 0 Å². The van der Waals surface area contributed by atoms with Crippen LogP contribution in [0.4, 0.5) is 20.2 Å². The number of benzene rings is 1. The van der Waals surface area contributed by atoms with Crippen LogP contribution in [0.15, 0.2) is 23.4 Å². The van der Waals surface area contributed by atoms with Gasteiger partial charge < -0.3 is 25.3 Å². The van der Waals surface area contributed by atoms with Crippen LogP contribution in [0, 0.1) is 11.6 Å². The normalized spacial score (nSPS) is 19.0. The molecule has 1 atom stereocenters. The number of rotatable bonds is 4. The van der Waals surface area contributed by atoms with Gasteiger partial charge in [0.2, 0.25) is 5.43 Å². The number of imidazole rings is 1. The third-order valence-electron chi connectivity index (χ3n) is 5.95. The number of nitrogens with one attached hydrogen (secondary N) is 1. The fourth-order valence-electron chi connectivity index (χ4n) is 4.31. The van der Waals surface area contributed by atoms with E-state index in [1.807, 2.05) is 0 Å². The van der Waals surface area contributed by atoms with Gasteiger partial charge in [0.05, 0.1) is 16.6 Å². The predicted molar refractivity (Wildman–Crippen MR) is 106 cm³/mol. The Hall–Kier alpha value is -3.43. The Morgan fingerprint density at radius 3 is 2.67 bits per heavy atom. The zero-order valence-corrected chi connectivity index (χ0v) is 15.9. The summed E-state index contributed by atoms with van der Waals surface area (Å²) in [6.07, 6.45) is 6.55. The van der Waals surface area contributed by atoms with E-state index >= 15 is 8.78 Å². The van der Waals surface area contributed by atoms with Gasteiger partial charge in [0.1, 0.15) is 17.1 Å². The van der Waals surface area contributed by atoms with Crippen molar-refractivity contribution in [1.82, 2.24) is 14.5 Å². The quantitative estimate of drug-likeness (QED) is 0.564. The number of halogens is 2. The molecule has 0 spiro atoms. The number of carboxylic acids is 1. The number of aromatic carboxylic acids is 1. The Labute approximate surface area is 168 Å². The molecule has 2 aromatic heterocycles. The summed E-state index contributed by atoms with van der Waals surface area (Å²) in [6.45, 7) is 0.734. The molecule has 3 heterocycles. The van der Waals surface area contributed by atoms with Crippen LogP contribution < -0.4 is 16.1 Å². The van der Waals surface area contributed by atoms with Crippen LogP contribution in [0.5, 0.6) is 0 Å². The summed E-state index contributed by atoms with van der Waals surface area (Å²) in [5.41, 5.74) is 3.48. The molecule has 5 rings (SSSR count). The molecule has 2 fully saturated rings. The highest BCUT2D eigenvalue weighted by molar-refractivity contribution is 5.99. The lowest BCUT2D eigenvalue weighted by Crippen LogP contribution is -2.26. The minimum Gasteiger partial charge on any atom is -0.477 e. The lowest BCUT2D eigenvalue weighted by atomic mass is 10.1. The summed E-state index contributed by atoms with van der Waals surface area (Å²) >= 11 is 0. The summed E-state index contributed by atoms with van der Waals surface area (Å²) in [6, 6.07) is -0.146. The van der Waals surface area contributed by atoms with Gasteiger partial charge in [-0.15, -0.1) is 0 Å². The minimum atomic E-state index is -1.46. The number of aromatic nitrogens is 3. The molecule has 156 valence electrons. The van der Waals surface area contributed by atoms with Gasteiger partial charge in [0, 0.05) is 43.6 Å². The standard InChI is InChI=1S/C20H19F2N5O3/c21-13-15(23)12-16(27(10-1-2-10)8-11(18(12)28)20(29)30)14(22)17(13)26-6-3-9(7-26)19-24-4-5-25-19/h4-5,8-10H,1-3,6-7,23H2,(H,24,25)(H,29,30). The Morgan fingerprint density at radius 2 is 2.03 bits per heavy atom. The lowest BCUT2D eigenvalue weighted by molar-refractivity contribution is 0.0695. The van der Waals surface area contributed by atoms with E-state index in [1.54, 1.807) is 17.3 Å². The second-order valence-corrected chi connectivity index (χ2v) is 7.84. The first-order chi connectivity index (χ1) is 14.4. The summed E-state index contributed by atoms with van der Waals surface area (Å²) in [5, 5.41) is 8.95. The molecule has 4 N–H and O–H groups in total. The van der Waals surface area contributed by atoms with Crippen LogP contribution in [0.3, 0.4) is 0 Å². The molecule has 10 heteroatoms. The predicted octanol–water partition coefficient (Wildman–Crippen LogP) is 2.61. The first kappa shape index (κ1) is 18.6. The van der Waals surface area contributed by atoms with Crippen LogP contribution in [-0.2, 0) is 0 Å². The van der Waals surface area contributed by atoms with Crippen molar-refractivity contribution in [3.8, 4) is 0 Å². The van der Waals surface area contributed by atoms with Gasteiger partial charge in [-0.05, 0) is 19.3 Å². The second-order valence-electron chi connectivity index (χ2n) is 7.84. The van der Waals surface area contributed by atoms with Crippen LogP contribution in [0.1, 0.15) is 47.4 Å². The number of nitrogens with zero attached hydrogens (tertiary/aromatic N) is 3. The molecule has 1 unspecified atom stereocenters. The number of nitrogen functional groups attached to an aromatic ring is 1. The topological polar surface area (TPSA) is 117 Å². The number of fused-ring (bicyclic) bond motifs is 1. The Kier molecular flexibility index (Phi) is 4.05. The maximum absolute atomic E-state index is 15.7. The Morgan fingerprint density at radius 1 is 1.27 bits per heavy atom. The molecule has 1 saturated heterocycles. The maximum Gasteiger partial charge on any atom is 0.341 e. The van der Waals surface area contributed by atoms with Crippen LogP contribution >= 0.6 is 0 Å². The Balaban J connectivity index is 1.71. The molecule has 3 aromatic rings. The van der Waals surface area contributed by atoms with Crippen molar-refractivity contribution in [2.75, 3.05) is 23.7 Å². The number of H-pyrrole nitrogens is 1. The maximum atomic E-state index is 15.7. The first-order valence-electron chi connectivity index (χ1n) is 9.71. The molecule has 1 aromatic carbocycles. The number of carbonyl (C=O) groups is 1. The smallest absolute Gasteiger partial charge is 0.341 e. The van der Waals surface area contributed by atoms with Crippen LogP contribution in [-0.4, -0.2) is 38.7 Å². The van der Waals surface area contributed by atoms with Crippen molar-refractivity contribution in [2.45, 2.75) is 31.2 Å². The first-order valence-corrected chi connectivity index (χ1v) is 9.71. The van der Waals surface area contributed by atoms with E-state index in [9.17, 15) is 14.7 Å². The van der Waals surface area contributed by atoms with Crippen molar-refractivity contribution in [3.05, 3.63) is 51.8 Å². The van der Waals surface area contributed by atoms with E-state index in [0.29, 0.717) is 32.4 Å². The van der Waals surface area contributed by atoms with Crippen LogP contribution in [0.25, 0.3) is 10.9 Å². The van der Waals surface area contributed by atoms with E-state index < -0.39 is 39.7 Å². The second kappa shape index (κ2) is 6.54. The molecule has 1 aliphatic carbocycles. The summed E-state index contributed by atoms with van der Waals surface area (Å²) in [5.74, 6) is -2.66. The molecule has 30 heavy (non-hydrogen) atoms. The highest BCUT2D eigenvalue weighted by Crippen LogP contribution is 2.42. The van der Waals surface area contributed by atoms with Gasteiger partial charge in [-0.25, -0.2) is 18.6 Å². The highest BCUT2D eigenvalue weighted by Gasteiger charge is 2.35. The van der Waals surface area contributed by atoms with E-state index in [2.05, 4.69) is 9.97 Å². The van der Waals surface area contributed by atoms with E-state index in [4.69, 9.17) is 5.73 Å². The average molecular weight is 415 g/mol. The van der Waals surface area contributed by atoms with Crippen molar-refractivity contribution >= 4 is 28.2 Å². The third kappa shape index (κ3) is 2.66. The molecule has 2 aliphatic rings. The SMILES string of the molecule is Nc1c(F)c(N2CCC(c3ncc[nH]3)C2)c(F)c2c1c(=O)c(C(=O)O)cn2C1CC1. The number of hydrogen-bond acceptors (Lipinski definition) is 5. The fourth-order valence-corrected chi connectivity index (χ4v) is 4.31. The summed E-state index contributed by atoms with van der Waals surface area (Å²) in [7, 11) is 0. The minimum absolute atomic E-state index is 0.0178. The van der Waals surface area contributed by atoms with Gasteiger partial charge in [-0.1, -0.05) is 0 Å². The van der Waals surface area contributed by atoms with Gasteiger partial charge in [-0.2, -0.15) is 0 Å². The zero-order valence-electron chi connectivity index (χ0n) is 15.9. The molecule has 0 bridgehead atoms. The average Bonchev–Trinajstić information content (AvgIpc) is 3.20. The zero-order chi connectivity index (χ0) is 21.2. The van der Waals surface area contributed by atoms with Crippen LogP contribution in [0.2, 0.25) is 0 Å². The van der Waals surface area contributed by atoms with Crippen molar-refractivity contribution in [1.29, 1.82) is 0 Å².